The molecule has 100 valence electrons. The topological polar surface area (TPSA) is 67.9 Å². The molecule has 1 aliphatic rings. The molecule has 1 aliphatic heterocycles. The van der Waals surface area contributed by atoms with Gasteiger partial charge in [0.2, 0.25) is 11.9 Å². The van der Waals surface area contributed by atoms with E-state index in [1.165, 1.54) is 31.0 Å². The zero-order chi connectivity index (χ0) is 13.1. The summed E-state index contributed by atoms with van der Waals surface area (Å²) in [5.74, 6) is 1.01. The number of rotatable bonds is 3. The molecule has 5 nitrogen and oxygen atoms in total. The molecule has 1 saturated heterocycles. The number of nitrogens with zero attached hydrogens (tertiary/aromatic N) is 4. The van der Waals surface area contributed by atoms with Gasteiger partial charge in [-0.3, -0.25) is 0 Å². The summed E-state index contributed by atoms with van der Waals surface area (Å²) in [6.07, 6.45) is 3.67. The van der Waals surface area contributed by atoms with Crippen LogP contribution in [0.25, 0.3) is 0 Å². The van der Waals surface area contributed by atoms with Gasteiger partial charge in [0.25, 0.3) is 0 Å². The van der Waals surface area contributed by atoms with Crippen LogP contribution in [0.2, 0.25) is 0 Å². The third-order valence-corrected chi connectivity index (χ3v) is 4.85. The Labute approximate surface area is 120 Å². The second-order valence-corrected chi connectivity index (χ2v) is 6.57. The molecule has 2 aromatic heterocycles. The van der Waals surface area contributed by atoms with Gasteiger partial charge in [-0.1, -0.05) is 6.07 Å². The molecule has 0 aliphatic carbocycles. The predicted octanol–water partition coefficient (Wildman–Crippen LogP) is 2.66. The van der Waals surface area contributed by atoms with Crippen LogP contribution in [0.5, 0.6) is 0 Å². The fraction of sp³-hybridized carbons (Fsp3) is 0.417. The van der Waals surface area contributed by atoms with Crippen molar-refractivity contribution in [1.29, 1.82) is 0 Å². The molecule has 2 N–H and O–H groups in total. The minimum absolute atomic E-state index is 0.301. The van der Waals surface area contributed by atoms with Gasteiger partial charge in [-0.25, -0.2) is 0 Å². The highest BCUT2D eigenvalue weighted by Crippen LogP contribution is 2.30. The lowest BCUT2D eigenvalue weighted by molar-refractivity contribution is 0.565. The third-order valence-electron chi connectivity index (χ3n) is 2.95. The molecule has 0 unspecified atom stereocenters. The van der Waals surface area contributed by atoms with E-state index in [0.717, 1.165) is 17.3 Å². The number of piperidine rings is 1. The summed E-state index contributed by atoms with van der Waals surface area (Å²) in [5.41, 5.74) is 5.80. The predicted molar refractivity (Wildman–Crippen MR) is 78.7 cm³/mol. The first-order valence-corrected chi connectivity index (χ1v) is 7.99. The number of hydrogen-bond donors (Lipinski definition) is 1. The molecule has 0 bridgehead atoms. The van der Waals surface area contributed by atoms with E-state index in [-0.39, 0.29) is 0 Å². The summed E-state index contributed by atoms with van der Waals surface area (Å²) in [4.78, 5) is 15.2. The number of nitrogens with two attached hydrogens (primary N) is 1. The van der Waals surface area contributed by atoms with Gasteiger partial charge in [0.1, 0.15) is 0 Å². The van der Waals surface area contributed by atoms with Gasteiger partial charge in [-0.15, -0.1) is 11.3 Å². The molecule has 0 atom stereocenters. The van der Waals surface area contributed by atoms with Crippen molar-refractivity contribution in [2.75, 3.05) is 23.7 Å². The molecule has 0 radical (unpaired) electrons. The van der Waals surface area contributed by atoms with E-state index in [1.54, 1.807) is 11.3 Å². The van der Waals surface area contributed by atoms with Crippen molar-refractivity contribution < 1.29 is 0 Å². The van der Waals surface area contributed by atoms with Crippen molar-refractivity contribution in [3.8, 4) is 0 Å². The maximum atomic E-state index is 5.80. The lowest BCUT2D eigenvalue weighted by Crippen LogP contribution is -2.31. The van der Waals surface area contributed by atoms with Crippen LogP contribution in [-0.4, -0.2) is 28.0 Å². The average Bonchev–Trinajstić information content (AvgIpc) is 2.92. The number of hydrogen-bond acceptors (Lipinski definition) is 7. The van der Waals surface area contributed by atoms with Crippen LogP contribution in [-0.2, 0) is 0 Å². The van der Waals surface area contributed by atoms with Gasteiger partial charge >= 0.3 is 0 Å². The number of thiophene rings is 1. The van der Waals surface area contributed by atoms with Gasteiger partial charge in [-0.05, 0) is 42.5 Å². The molecule has 7 heteroatoms. The van der Waals surface area contributed by atoms with Gasteiger partial charge < -0.3 is 10.6 Å². The molecule has 2 aromatic rings. The number of nitrogen functional groups attached to an aromatic ring is 1. The van der Waals surface area contributed by atoms with Crippen LogP contribution in [0.4, 0.5) is 11.9 Å². The van der Waals surface area contributed by atoms with E-state index >= 15 is 0 Å². The third kappa shape index (κ3) is 3.16. The van der Waals surface area contributed by atoms with Gasteiger partial charge in [0, 0.05) is 13.1 Å². The summed E-state index contributed by atoms with van der Waals surface area (Å²) in [7, 11) is 0. The SMILES string of the molecule is Nc1nc(Sc2cccs2)nc(N2CCCCC2)n1. The molecular weight excluding hydrogens is 278 g/mol. The minimum atomic E-state index is 0.301. The van der Waals surface area contributed by atoms with Crippen molar-refractivity contribution >= 4 is 35.0 Å². The Morgan fingerprint density at radius 2 is 2.00 bits per heavy atom. The summed E-state index contributed by atoms with van der Waals surface area (Å²) in [6.45, 7) is 2.01. The molecule has 3 heterocycles. The van der Waals surface area contributed by atoms with Crippen molar-refractivity contribution in [1.82, 2.24) is 15.0 Å². The first kappa shape index (κ1) is 12.7. The normalized spacial score (nSPS) is 15.7. The first-order chi connectivity index (χ1) is 9.31. The molecule has 0 amide bonds. The smallest absolute Gasteiger partial charge is 0.231 e. The number of anilines is 2. The van der Waals surface area contributed by atoms with Crippen LogP contribution in [0.1, 0.15) is 19.3 Å². The quantitative estimate of drug-likeness (QED) is 0.938. The van der Waals surface area contributed by atoms with Crippen LogP contribution < -0.4 is 10.6 Å². The van der Waals surface area contributed by atoms with Crippen molar-refractivity contribution in [2.45, 2.75) is 28.6 Å². The Morgan fingerprint density at radius 3 is 2.74 bits per heavy atom. The highest BCUT2D eigenvalue weighted by Gasteiger charge is 2.16. The Morgan fingerprint density at radius 1 is 1.16 bits per heavy atom. The van der Waals surface area contributed by atoms with Crippen LogP contribution in [0, 0.1) is 0 Å². The Hall–Kier alpha value is -1.34. The minimum Gasteiger partial charge on any atom is -0.368 e. The zero-order valence-electron chi connectivity index (χ0n) is 10.5. The van der Waals surface area contributed by atoms with Gasteiger partial charge in [-0.2, -0.15) is 15.0 Å². The lowest BCUT2D eigenvalue weighted by Gasteiger charge is -2.26. The monoisotopic (exact) mass is 293 g/mol. The van der Waals surface area contributed by atoms with Crippen LogP contribution >= 0.6 is 23.1 Å². The van der Waals surface area contributed by atoms with E-state index in [4.69, 9.17) is 5.73 Å². The first-order valence-electron chi connectivity index (χ1n) is 6.29. The van der Waals surface area contributed by atoms with E-state index in [1.807, 2.05) is 11.4 Å². The van der Waals surface area contributed by atoms with Crippen molar-refractivity contribution in [3.05, 3.63) is 17.5 Å². The molecule has 3 rings (SSSR count). The zero-order valence-corrected chi connectivity index (χ0v) is 12.1. The highest BCUT2D eigenvalue weighted by atomic mass is 32.2. The Bertz CT molecular complexity index is 537. The maximum Gasteiger partial charge on any atom is 0.231 e. The molecule has 0 aromatic carbocycles. The fourth-order valence-corrected chi connectivity index (χ4v) is 3.68. The summed E-state index contributed by atoms with van der Waals surface area (Å²) >= 11 is 3.21. The highest BCUT2D eigenvalue weighted by molar-refractivity contribution is 8.01. The second-order valence-electron chi connectivity index (χ2n) is 4.36. The molecular formula is C12H15N5S2. The van der Waals surface area contributed by atoms with E-state index in [0.29, 0.717) is 17.1 Å². The standard InChI is InChI=1S/C12H15N5S2/c13-10-14-11(17-6-2-1-3-7-17)16-12(15-10)19-9-5-4-8-18-9/h4-5,8H,1-3,6-7H2,(H2,13,14,15,16). The van der Waals surface area contributed by atoms with Crippen molar-refractivity contribution in [2.24, 2.45) is 0 Å². The Kier molecular flexibility index (Phi) is 3.84. The van der Waals surface area contributed by atoms with Crippen molar-refractivity contribution in [3.63, 3.8) is 0 Å². The van der Waals surface area contributed by atoms with E-state index in [2.05, 4.69) is 25.9 Å². The van der Waals surface area contributed by atoms with Gasteiger partial charge in [0.05, 0.1) is 4.21 Å². The van der Waals surface area contributed by atoms with Crippen LogP contribution in [0.3, 0.4) is 0 Å². The molecule has 0 saturated carbocycles. The van der Waals surface area contributed by atoms with Crippen LogP contribution in [0.15, 0.2) is 26.9 Å². The summed E-state index contributed by atoms with van der Waals surface area (Å²) < 4.78 is 1.16. The molecule has 0 spiro atoms. The molecule has 19 heavy (non-hydrogen) atoms. The lowest BCUT2D eigenvalue weighted by atomic mass is 10.1. The van der Waals surface area contributed by atoms with Gasteiger partial charge in [0.15, 0.2) is 5.16 Å². The Balaban J connectivity index is 1.82. The maximum absolute atomic E-state index is 5.80. The van der Waals surface area contributed by atoms with E-state index in [9.17, 15) is 0 Å². The van der Waals surface area contributed by atoms with E-state index < -0.39 is 0 Å². The molecule has 1 fully saturated rings. The summed E-state index contributed by atoms with van der Waals surface area (Å²) in [5, 5.41) is 2.72. The average molecular weight is 293 g/mol. The summed E-state index contributed by atoms with van der Waals surface area (Å²) in [6, 6.07) is 4.07. The number of aromatic nitrogens is 3. The second kappa shape index (κ2) is 5.75. The fourth-order valence-electron chi connectivity index (χ4n) is 2.05. The largest absolute Gasteiger partial charge is 0.368 e.